The number of carbonyl (C=O) groups excluding carboxylic acids is 1. The van der Waals surface area contributed by atoms with Crippen LogP contribution < -0.4 is 11.1 Å². The summed E-state index contributed by atoms with van der Waals surface area (Å²) >= 11 is 14.6. The molecule has 8 heteroatoms. The minimum Gasteiger partial charge on any atom is -0.398 e. The standard InChI is InChI=1S/C11H7BrCl2N4O/c12-6-3-5(1-2-7(6)15)10(19)17-9-4-8(13)16-11(14)18-9/h1-4H,15H2,(H,16,17,18,19). The average molecular weight is 362 g/mol. The van der Waals surface area contributed by atoms with Gasteiger partial charge in [-0.05, 0) is 45.7 Å². The Balaban J connectivity index is 2.22. The van der Waals surface area contributed by atoms with Gasteiger partial charge in [-0.15, -0.1) is 0 Å². The molecule has 0 unspecified atom stereocenters. The van der Waals surface area contributed by atoms with Crippen LogP contribution in [0.25, 0.3) is 0 Å². The molecule has 0 atom stereocenters. The van der Waals surface area contributed by atoms with E-state index in [-0.39, 0.29) is 22.2 Å². The zero-order valence-corrected chi connectivity index (χ0v) is 12.4. The Bertz CT molecular complexity index is 630. The molecule has 98 valence electrons. The van der Waals surface area contributed by atoms with Gasteiger partial charge in [0.2, 0.25) is 5.28 Å². The van der Waals surface area contributed by atoms with Crippen molar-refractivity contribution in [2.45, 2.75) is 0 Å². The quantitative estimate of drug-likeness (QED) is 0.488. The number of halogens is 3. The van der Waals surface area contributed by atoms with E-state index < -0.39 is 0 Å². The van der Waals surface area contributed by atoms with Crippen molar-refractivity contribution in [2.75, 3.05) is 11.1 Å². The van der Waals surface area contributed by atoms with Crippen molar-refractivity contribution in [1.82, 2.24) is 9.97 Å². The number of nitrogens with one attached hydrogen (secondary N) is 1. The lowest BCUT2D eigenvalue weighted by molar-refractivity contribution is 0.102. The number of nitrogen functional groups attached to an aromatic ring is 1. The van der Waals surface area contributed by atoms with E-state index >= 15 is 0 Å². The molecule has 3 N–H and O–H groups in total. The van der Waals surface area contributed by atoms with Crippen molar-refractivity contribution in [3.8, 4) is 0 Å². The molecule has 0 radical (unpaired) electrons. The Morgan fingerprint density at radius 2 is 2.00 bits per heavy atom. The molecule has 0 aliphatic heterocycles. The van der Waals surface area contributed by atoms with Crippen LogP contribution in [-0.2, 0) is 0 Å². The summed E-state index contributed by atoms with van der Waals surface area (Å²) in [4.78, 5) is 19.5. The van der Waals surface area contributed by atoms with Crippen LogP contribution in [0.3, 0.4) is 0 Å². The highest BCUT2D eigenvalue weighted by Gasteiger charge is 2.10. The van der Waals surface area contributed by atoms with Gasteiger partial charge >= 0.3 is 0 Å². The van der Waals surface area contributed by atoms with E-state index in [1.165, 1.54) is 6.07 Å². The minimum atomic E-state index is -0.355. The lowest BCUT2D eigenvalue weighted by Crippen LogP contribution is -2.13. The molecule has 0 spiro atoms. The fourth-order valence-corrected chi connectivity index (χ4v) is 2.10. The number of hydrogen-bond acceptors (Lipinski definition) is 4. The summed E-state index contributed by atoms with van der Waals surface area (Å²) in [5.41, 5.74) is 6.62. The second-order valence-electron chi connectivity index (χ2n) is 3.54. The molecule has 19 heavy (non-hydrogen) atoms. The summed E-state index contributed by atoms with van der Waals surface area (Å²) in [6.45, 7) is 0. The number of carbonyl (C=O) groups is 1. The van der Waals surface area contributed by atoms with Crippen LogP contribution in [0.15, 0.2) is 28.7 Å². The summed E-state index contributed by atoms with van der Waals surface area (Å²) in [6, 6.07) is 6.23. The summed E-state index contributed by atoms with van der Waals surface area (Å²) in [5.74, 6) is -0.130. The number of anilines is 2. The highest BCUT2D eigenvalue weighted by Crippen LogP contribution is 2.21. The smallest absolute Gasteiger partial charge is 0.256 e. The molecule has 0 fully saturated rings. The lowest BCUT2D eigenvalue weighted by Gasteiger charge is -2.06. The number of amides is 1. The first kappa shape index (κ1) is 14.0. The van der Waals surface area contributed by atoms with Crippen LogP contribution >= 0.6 is 39.1 Å². The third-order valence-electron chi connectivity index (χ3n) is 2.17. The van der Waals surface area contributed by atoms with E-state index in [4.69, 9.17) is 28.9 Å². The van der Waals surface area contributed by atoms with E-state index in [0.717, 1.165) is 0 Å². The Kier molecular flexibility index (Phi) is 4.24. The molecule has 0 bridgehead atoms. The Morgan fingerprint density at radius 3 is 2.63 bits per heavy atom. The second kappa shape index (κ2) is 5.73. The van der Waals surface area contributed by atoms with Gasteiger partial charge in [0.1, 0.15) is 11.0 Å². The maximum atomic E-state index is 12.0. The van der Waals surface area contributed by atoms with Gasteiger partial charge in [0.05, 0.1) is 0 Å². The molecular formula is C11H7BrCl2N4O. The van der Waals surface area contributed by atoms with Crippen molar-refractivity contribution < 1.29 is 4.79 Å². The summed E-state index contributed by atoms with van der Waals surface area (Å²) in [6.07, 6.45) is 0. The number of nitrogens with zero attached hydrogens (tertiary/aromatic N) is 2. The maximum absolute atomic E-state index is 12.0. The molecule has 1 heterocycles. The van der Waals surface area contributed by atoms with Gasteiger partial charge in [-0.2, -0.15) is 0 Å². The van der Waals surface area contributed by atoms with Gasteiger partial charge in [-0.25, -0.2) is 9.97 Å². The van der Waals surface area contributed by atoms with Crippen molar-refractivity contribution in [3.63, 3.8) is 0 Å². The molecule has 0 saturated carbocycles. The number of rotatable bonds is 2. The molecule has 5 nitrogen and oxygen atoms in total. The zero-order chi connectivity index (χ0) is 14.0. The van der Waals surface area contributed by atoms with Crippen LogP contribution in [0.2, 0.25) is 10.4 Å². The highest BCUT2D eigenvalue weighted by atomic mass is 79.9. The normalized spacial score (nSPS) is 10.3. The van der Waals surface area contributed by atoms with Crippen LogP contribution in [-0.4, -0.2) is 15.9 Å². The van der Waals surface area contributed by atoms with Crippen LogP contribution in [0.1, 0.15) is 10.4 Å². The van der Waals surface area contributed by atoms with E-state index in [0.29, 0.717) is 15.7 Å². The van der Waals surface area contributed by atoms with Gasteiger partial charge in [0.15, 0.2) is 0 Å². The molecule has 0 aliphatic carbocycles. The van der Waals surface area contributed by atoms with Crippen molar-refractivity contribution >= 4 is 56.5 Å². The van der Waals surface area contributed by atoms with Crippen molar-refractivity contribution in [3.05, 3.63) is 44.7 Å². The molecule has 1 aromatic carbocycles. The number of benzene rings is 1. The SMILES string of the molecule is Nc1ccc(C(=O)Nc2cc(Cl)nc(Cl)n2)cc1Br. The molecule has 2 aromatic rings. The Morgan fingerprint density at radius 1 is 1.26 bits per heavy atom. The van der Waals surface area contributed by atoms with Crippen LogP contribution in [0.4, 0.5) is 11.5 Å². The van der Waals surface area contributed by atoms with E-state index in [9.17, 15) is 4.79 Å². The molecular weight excluding hydrogens is 355 g/mol. The number of nitrogens with two attached hydrogens (primary N) is 1. The second-order valence-corrected chi connectivity index (χ2v) is 5.12. The fourth-order valence-electron chi connectivity index (χ4n) is 1.31. The predicted octanol–water partition coefficient (Wildman–Crippen LogP) is 3.38. The van der Waals surface area contributed by atoms with Gasteiger partial charge in [-0.1, -0.05) is 11.6 Å². The Hall–Kier alpha value is -1.37. The fraction of sp³-hybridized carbons (Fsp3) is 0. The van der Waals surface area contributed by atoms with Crippen LogP contribution in [0, 0.1) is 0 Å². The maximum Gasteiger partial charge on any atom is 0.256 e. The van der Waals surface area contributed by atoms with Crippen molar-refractivity contribution in [2.24, 2.45) is 0 Å². The van der Waals surface area contributed by atoms with Gasteiger partial charge in [0.25, 0.3) is 5.91 Å². The predicted molar refractivity (Wildman–Crippen MR) is 78.6 cm³/mol. The van der Waals surface area contributed by atoms with E-state index in [2.05, 4.69) is 31.2 Å². The average Bonchev–Trinajstić information content (AvgIpc) is 2.31. The Labute approximate surface area is 127 Å². The minimum absolute atomic E-state index is 0.0405. The lowest BCUT2D eigenvalue weighted by atomic mass is 10.2. The molecule has 2 rings (SSSR count). The van der Waals surface area contributed by atoms with E-state index in [1.807, 2.05) is 0 Å². The van der Waals surface area contributed by atoms with Gasteiger partial charge < -0.3 is 11.1 Å². The third kappa shape index (κ3) is 3.56. The monoisotopic (exact) mass is 360 g/mol. The number of aromatic nitrogens is 2. The van der Waals surface area contributed by atoms with Gasteiger partial charge in [0, 0.05) is 21.8 Å². The molecule has 0 aliphatic rings. The first-order chi connectivity index (χ1) is 8.95. The first-order valence-electron chi connectivity index (χ1n) is 5.02. The molecule has 0 saturated heterocycles. The zero-order valence-electron chi connectivity index (χ0n) is 9.32. The van der Waals surface area contributed by atoms with Crippen LogP contribution in [0.5, 0.6) is 0 Å². The highest BCUT2D eigenvalue weighted by molar-refractivity contribution is 9.10. The third-order valence-corrected chi connectivity index (χ3v) is 3.22. The first-order valence-corrected chi connectivity index (χ1v) is 6.57. The summed E-state index contributed by atoms with van der Waals surface area (Å²) in [5, 5.41) is 2.67. The topological polar surface area (TPSA) is 80.9 Å². The summed E-state index contributed by atoms with van der Waals surface area (Å²) < 4.78 is 0.638. The van der Waals surface area contributed by atoms with E-state index in [1.54, 1.807) is 18.2 Å². The molecule has 1 aromatic heterocycles. The summed E-state index contributed by atoms with van der Waals surface area (Å²) in [7, 11) is 0. The largest absolute Gasteiger partial charge is 0.398 e. The molecule has 1 amide bonds. The van der Waals surface area contributed by atoms with Gasteiger partial charge in [-0.3, -0.25) is 4.79 Å². The number of hydrogen-bond donors (Lipinski definition) is 2. The van der Waals surface area contributed by atoms with Crippen molar-refractivity contribution in [1.29, 1.82) is 0 Å².